The standard InChI is InChI=1S/C15H35NO5Si/c1-7-17-15(6,18-8-2)16-13-12-14-22(19-9-3,20-10-4)21-11-5/h16H,7-14H2,1-6H3. The van der Waals surface area contributed by atoms with Crippen LogP contribution in [0.15, 0.2) is 0 Å². The van der Waals surface area contributed by atoms with Crippen LogP contribution >= 0.6 is 0 Å². The van der Waals surface area contributed by atoms with Crippen LogP contribution in [0.5, 0.6) is 0 Å². The average molecular weight is 338 g/mol. The van der Waals surface area contributed by atoms with Gasteiger partial charge in [0.05, 0.1) is 0 Å². The zero-order valence-corrected chi connectivity index (χ0v) is 16.2. The molecule has 7 heteroatoms. The van der Waals surface area contributed by atoms with E-state index in [9.17, 15) is 0 Å². The van der Waals surface area contributed by atoms with Gasteiger partial charge in [0.15, 0.2) is 0 Å². The molecule has 22 heavy (non-hydrogen) atoms. The predicted molar refractivity (Wildman–Crippen MR) is 89.7 cm³/mol. The van der Waals surface area contributed by atoms with Crippen molar-refractivity contribution < 1.29 is 22.8 Å². The van der Waals surface area contributed by atoms with Crippen LogP contribution in [0.1, 0.15) is 48.0 Å². The van der Waals surface area contributed by atoms with Crippen molar-refractivity contribution in [3.05, 3.63) is 0 Å². The van der Waals surface area contributed by atoms with Crippen molar-refractivity contribution >= 4 is 8.80 Å². The molecule has 0 unspecified atom stereocenters. The molecule has 0 spiro atoms. The van der Waals surface area contributed by atoms with Gasteiger partial charge in [-0.2, -0.15) is 0 Å². The molecular weight excluding hydrogens is 302 g/mol. The molecular formula is C15H35NO5Si. The van der Waals surface area contributed by atoms with E-state index in [2.05, 4.69) is 5.32 Å². The Morgan fingerprint density at radius 3 is 1.59 bits per heavy atom. The number of ether oxygens (including phenoxy) is 2. The van der Waals surface area contributed by atoms with Gasteiger partial charge in [-0.05, 0) is 41.0 Å². The Bertz CT molecular complexity index is 245. The Labute approximate surface area is 137 Å². The lowest BCUT2D eigenvalue weighted by atomic mass is 10.4. The average Bonchev–Trinajstić information content (AvgIpc) is 2.45. The fourth-order valence-electron chi connectivity index (χ4n) is 2.32. The zero-order chi connectivity index (χ0) is 16.9. The second-order valence-electron chi connectivity index (χ2n) is 4.82. The van der Waals surface area contributed by atoms with E-state index in [1.165, 1.54) is 0 Å². The zero-order valence-electron chi connectivity index (χ0n) is 15.2. The van der Waals surface area contributed by atoms with E-state index in [1.807, 2.05) is 41.5 Å². The molecule has 0 fully saturated rings. The number of nitrogens with one attached hydrogen (secondary N) is 1. The van der Waals surface area contributed by atoms with E-state index in [1.54, 1.807) is 0 Å². The molecule has 134 valence electrons. The lowest BCUT2D eigenvalue weighted by Gasteiger charge is -2.31. The second kappa shape index (κ2) is 12.4. The summed E-state index contributed by atoms with van der Waals surface area (Å²) in [7, 11) is -2.55. The van der Waals surface area contributed by atoms with E-state index >= 15 is 0 Å². The first-order chi connectivity index (χ1) is 10.5. The summed E-state index contributed by atoms with van der Waals surface area (Å²) in [4.78, 5) is 0. The van der Waals surface area contributed by atoms with E-state index in [-0.39, 0.29) is 0 Å². The van der Waals surface area contributed by atoms with Gasteiger partial charge in [-0.15, -0.1) is 0 Å². The summed E-state index contributed by atoms with van der Waals surface area (Å²) in [5, 5.41) is 3.31. The van der Waals surface area contributed by atoms with Crippen molar-refractivity contribution in [2.24, 2.45) is 0 Å². The van der Waals surface area contributed by atoms with Crippen LogP contribution in [0.2, 0.25) is 6.04 Å². The van der Waals surface area contributed by atoms with Gasteiger partial charge in [-0.3, -0.25) is 5.32 Å². The highest BCUT2D eigenvalue weighted by atomic mass is 28.4. The highest BCUT2D eigenvalue weighted by molar-refractivity contribution is 6.60. The maximum Gasteiger partial charge on any atom is 0.500 e. The van der Waals surface area contributed by atoms with Crippen molar-refractivity contribution in [3.63, 3.8) is 0 Å². The highest BCUT2D eigenvalue weighted by Gasteiger charge is 2.39. The normalized spacial score (nSPS) is 12.8. The van der Waals surface area contributed by atoms with Gasteiger partial charge in [0, 0.05) is 52.5 Å². The molecule has 0 aromatic heterocycles. The van der Waals surface area contributed by atoms with Gasteiger partial charge in [-0.1, -0.05) is 0 Å². The molecule has 6 nitrogen and oxygen atoms in total. The lowest BCUT2D eigenvalue weighted by Crippen LogP contribution is -2.49. The monoisotopic (exact) mass is 337 g/mol. The van der Waals surface area contributed by atoms with Crippen LogP contribution in [0.3, 0.4) is 0 Å². The van der Waals surface area contributed by atoms with Gasteiger partial charge in [-0.25, -0.2) is 0 Å². The smallest absolute Gasteiger partial charge is 0.374 e. The maximum absolute atomic E-state index is 5.84. The highest BCUT2D eigenvalue weighted by Crippen LogP contribution is 2.18. The summed E-state index contributed by atoms with van der Waals surface area (Å²) < 4.78 is 28.8. The predicted octanol–water partition coefficient (Wildman–Crippen LogP) is 2.76. The van der Waals surface area contributed by atoms with Gasteiger partial charge < -0.3 is 22.8 Å². The molecule has 0 aliphatic rings. The summed E-state index contributed by atoms with van der Waals surface area (Å²) in [6.45, 7) is 15.5. The summed E-state index contributed by atoms with van der Waals surface area (Å²) in [6.07, 6.45) is 0.877. The SMILES string of the molecule is CCOC(C)(NCCC[Si](OCC)(OCC)OCC)OCC. The van der Waals surface area contributed by atoms with Crippen molar-refractivity contribution in [1.82, 2.24) is 5.32 Å². The number of hydrogen-bond acceptors (Lipinski definition) is 6. The third kappa shape index (κ3) is 8.57. The van der Waals surface area contributed by atoms with Crippen LogP contribution < -0.4 is 5.32 Å². The largest absolute Gasteiger partial charge is 0.500 e. The summed E-state index contributed by atoms with van der Waals surface area (Å²) in [5.41, 5.74) is 0. The van der Waals surface area contributed by atoms with Crippen LogP contribution in [0.25, 0.3) is 0 Å². The second-order valence-corrected chi connectivity index (χ2v) is 7.56. The van der Waals surface area contributed by atoms with E-state index in [0.717, 1.165) is 19.0 Å². The van der Waals surface area contributed by atoms with Crippen molar-refractivity contribution in [2.75, 3.05) is 39.6 Å². The fourth-order valence-corrected chi connectivity index (χ4v) is 4.93. The number of rotatable bonds is 15. The number of hydrogen-bond donors (Lipinski definition) is 1. The van der Waals surface area contributed by atoms with Gasteiger partial charge >= 0.3 is 8.80 Å². The Kier molecular flexibility index (Phi) is 12.4. The van der Waals surface area contributed by atoms with E-state index < -0.39 is 14.7 Å². The third-order valence-electron chi connectivity index (χ3n) is 3.04. The molecule has 0 aliphatic carbocycles. The first kappa shape index (κ1) is 22.0. The van der Waals surface area contributed by atoms with Gasteiger partial charge in [0.1, 0.15) is 0 Å². The summed E-state index contributed by atoms with van der Waals surface area (Å²) >= 11 is 0. The summed E-state index contributed by atoms with van der Waals surface area (Å²) in [6, 6.07) is 0.782. The molecule has 0 amide bonds. The molecule has 0 aromatic carbocycles. The minimum Gasteiger partial charge on any atom is -0.374 e. The van der Waals surface area contributed by atoms with Crippen molar-refractivity contribution in [1.29, 1.82) is 0 Å². The molecule has 1 N–H and O–H groups in total. The Balaban J connectivity index is 4.41. The molecule has 0 bridgehead atoms. The molecule has 0 atom stereocenters. The summed E-state index contributed by atoms with van der Waals surface area (Å²) in [5.74, 6) is -0.740. The van der Waals surface area contributed by atoms with E-state index in [4.69, 9.17) is 22.8 Å². The molecule has 0 aliphatic heterocycles. The Morgan fingerprint density at radius 1 is 0.773 bits per heavy atom. The van der Waals surface area contributed by atoms with Crippen molar-refractivity contribution in [3.8, 4) is 0 Å². The molecule has 0 saturated heterocycles. The third-order valence-corrected chi connectivity index (χ3v) is 6.19. The minimum atomic E-state index is -2.55. The topological polar surface area (TPSA) is 58.2 Å². The minimum absolute atomic E-state index is 0.596. The molecule has 0 heterocycles. The van der Waals surface area contributed by atoms with Crippen LogP contribution in [0, 0.1) is 0 Å². The molecule has 0 saturated carbocycles. The fraction of sp³-hybridized carbons (Fsp3) is 1.00. The van der Waals surface area contributed by atoms with Gasteiger partial charge in [0.2, 0.25) is 5.91 Å². The van der Waals surface area contributed by atoms with Crippen molar-refractivity contribution in [2.45, 2.75) is 59.9 Å². The molecule has 0 rings (SSSR count). The Hall–Kier alpha value is -0.0231. The first-order valence-corrected chi connectivity index (χ1v) is 10.4. The van der Waals surface area contributed by atoms with Gasteiger partial charge in [0.25, 0.3) is 0 Å². The maximum atomic E-state index is 5.84. The lowest BCUT2D eigenvalue weighted by molar-refractivity contribution is -0.240. The van der Waals surface area contributed by atoms with Crippen LogP contribution in [-0.2, 0) is 22.8 Å². The first-order valence-electron chi connectivity index (χ1n) is 8.46. The quantitative estimate of drug-likeness (QED) is 0.282. The molecule has 0 aromatic rings. The van der Waals surface area contributed by atoms with E-state index in [0.29, 0.717) is 33.0 Å². The van der Waals surface area contributed by atoms with Crippen LogP contribution in [-0.4, -0.2) is 54.3 Å². The Morgan fingerprint density at radius 2 is 1.23 bits per heavy atom. The molecule has 0 radical (unpaired) electrons. The van der Waals surface area contributed by atoms with Crippen LogP contribution in [0.4, 0.5) is 0 Å².